The van der Waals surface area contributed by atoms with Gasteiger partial charge in [0, 0.05) is 13.0 Å². The average molecular weight is 418 g/mol. The molecule has 0 atom stereocenters. The summed E-state index contributed by atoms with van der Waals surface area (Å²) >= 11 is 0. The number of aliphatic hydroxyl groups is 1. The van der Waals surface area contributed by atoms with Crippen LogP contribution in [0.5, 0.6) is 11.5 Å². The van der Waals surface area contributed by atoms with Gasteiger partial charge in [-0.3, -0.25) is 9.59 Å². The molecule has 2 aliphatic rings. The van der Waals surface area contributed by atoms with Crippen LogP contribution in [0.3, 0.4) is 0 Å². The number of cyclic esters (lactones) is 1. The number of hydrogen-bond acceptors (Lipinski definition) is 7. The molecule has 2 heterocycles. The Morgan fingerprint density at radius 1 is 1.17 bits per heavy atom. The number of rotatable bonds is 9. The van der Waals surface area contributed by atoms with Gasteiger partial charge in [0.1, 0.15) is 18.1 Å². The van der Waals surface area contributed by atoms with Gasteiger partial charge in [0.05, 0.1) is 24.9 Å². The Morgan fingerprint density at radius 3 is 2.57 bits per heavy atom. The molecule has 0 amide bonds. The Kier molecular flexibility index (Phi) is 9.77. The van der Waals surface area contributed by atoms with Crippen LogP contribution in [0.2, 0.25) is 0 Å². The van der Waals surface area contributed by atoms with Gasteiger partial charge < -0.3 is 24.1 Å². The van der Waals surface area contributed by atoms with E-state index in [9.17, 15) is 14.7 Å². The van der Waals surface area contributed by atoms with Crippen molar-refractivity contribution < 1.29 is 33.6 Å². The van der Waals surface area contributed by atoms with Gasteiger partial charge in [-0.05, 0) is 24.6 Å². The van der Waals surface area contributed by atoms with Crippen molar-refractivity contribution in [1.29, 1.82) is 0 Å². The number of fused-ring (bicyclic) bond motifs is 1. The van der Waals surface area contributed by atoms with Crippen molar-refractivity contribution in [2.45, 2.75) is 58.8 Å². The summed E-state index contributed by atoms with van der Waals surface area (Å²) in [7, 11) is 0. The fourth-order valence-corrected chi connectivity index (χ4v) is 2.91. The maximum Gasteiger partial charge on any atom is 0.314 e. The number of benzene rings is 1. The molecule has 164 valence electrons. The lowest BCUT2D eigenvalue weighted by Gasteiger charge is -2.21. The lowest BCUT2D eigenvalue weighted by molar-refractivity contribution is -0.135. The highest BCUT2D eigenvalue weighted by molar-refractivity contribution is 5.74. The zero-order valence-electron chi connectivity index (χ0n) is 17.6. The standard InChI is InChI=1S/C19H26O5.C4H4O2/c1-3-4-5-6-7-8-11-22-18-13-23-17-12-15(24-14(2)20)9-10-16(17)19(18)21;5-4-2-1-3-6-4/h9-10,12,21H,3-8,11,13H2,1-2H3;1,3H,2H2. The molecule has 1 aromatic carbocycles. The van der Waals surface area contributed by atoms with Crippen LogP contribution >= 0.6 is 0 Å². The summed E-state index contributed by atoms with van der Waals surface area (Å²) < 4.78 is 20.6. The van der Waals surface area contributed by atoms with Gasteiger partial charge in [-0.25, -0.2) is 0 Å². The molecule has 0 saturated heterocycles. The summed E-state index contributed by atoms with van der Waals surface area (Å²) in [4.78, 5) is 20.9. The predicted octanol–water partition coefficient (Wildman–Crippen LogP) is 5.06. The second kappa shape index (κ2) is 12.6. The molecule has 0 aliphatic carbocycles. The SMILES string of the molecule is CCCCCCCCOC1=C(O)c2ccc(OC(C)=O)cc2OC1.O=C1CC=CO1. The lowest BCUT2D eigenvalue weighted by Crippen LogP contribution is -2.14. The van der Waals surface area contributed by atoms with Crippen molar-refractivity contribution >= 4 is 17.7 Å². The third-order valence-electron chi connectivity index (χ3n) is 4.45. The van der Waals surface area contributed by atoms with Gasteiger partial charge in [0.25, 0.3) is 0 Å². The summed E-state index contributed by atoms with van der Waals surface area (Å²) in [6.07, 6.45) is 10.7. The van der Waals surface area contributed by atoms with Gasteiger partial charge in [0.15, 0.2) is 11.5 Å². The number of ether oxygens (including phenoxy) is 4. The minimum Gasteiger partial charge on any atom is -0.504 e. The van der Waals surface area contributed by atoms with Crippen LogP contribution in [0.4, 0.5) is 0 Å². The fraction of sp³-hybridized carbons (Fsp3) is 0.478. The summed E-state index contributed by atoms with van der Waals surface area (Å²) in [5.74, 6) is 0.875. The number of carbonyl (C=O) groups excluding carboxylic acids is 2. The van der Waals surface area contributed by atoms with Crippen molar-refractivity contribution in [2.75, 3.05) is 13.2 Å². The van der Waals surface area contributed by atoms with E-state index in [1.807, 2.05) is 0 Å². The number of carbonyl (C=O) groups is 2. The van der Waals surface area contributed by atoms with E-state index in [1.165, 1.54) is 38.9 Å². The molecule has 7 nitrogen and oxygen atoms in total. The number of hydrogen-bond donors (Lipinski definition) is 1. The molecule has 0 saturated carbocycles. The molecule has 0 bridgehead atoms. The predicted molar refractivity (Wildman–Crippen MR) is 112 cm³/mol. The molecule has 0 spiro atoms. The van der Waals surface area contributed by atoms with E-state index in [-0.39, 0.29) is 18.3 Å². The van der Waals surface area contributed by atoms with Crippen LogP contribution < -0.4 is 9.47 Å². The summed E-state index contributed by atoms with van der Waals surface area (Å²) in [6.45, 7) is 4.30. The Bertz CT molecular complexity index is 770. The van der Waals surface area contributed by atoms with E-state index in [0.29, 0.717) is 35.8 Å². The Morgan fingerprint density at radius 2 is 1.93 bits per heavy atom. The average Bonchev–Trinajstić information content (AvgIpc) is 3.20. The van der Waals surface area contributed by atoms with Crippen LogP contribution in [0.1, 0.15) is 64.4 Å². The highest BCUT2D eigenvalue weighted by Crippen LogP contribution is 2.34. The van der Waals surface area contributed by atoms with E-state index in [2.05, 4.69) is 11.7 Å². The number of unbranched alkanes of at least 4 members (excludes halogenated alkanes) is 5. The van der Waals surface area contributed by atoms with E-state index in [0.717, 1.165) is 12.8 Å². The van der Waals surface area contributed by atoms with Gasteiger partial charge >= 0.3 is 11.9 Å². The first kappa shape index (κ1) is 23.3. The molecule has 1 N–H and O–H groups in total. The fourth-order valence-electron chi connectivity index (χ4n) is 2.91. The van der Waals surface area contributed by atoms with Crippen molar-refractivity contribution in [3.63, 3.8) is 0 Å². The second-order valence-corrected chi connectivity index (χ2v) is 6.99. The number of esters is 2. The van der Waals surface area contributed by atoms with Gasteiger partial charge in [-0.2, -0.15) is 0 Å². The zero-order chi connectivity index (χ0) is 21.8. The molecule has 0 fully saturated rings. The van der Waals surface area contributed by atoms with Crippen LogP contribution in [0.15, 0.2) is 36.3 Å². The van der Waals surface area contributed by atoms with Crippen molar-refractivity contribution in [3.8, 4) is 11.5 Å². The van der Waals surface area contributed by atoms with Crippen molar-refractivity contribution in [2.24, 2.45) is 0 Å². The maximum absolute atomic E-state index is 11.0. The van der Waals surface area contributed by atoms with E-state index in [1.54, 1.807) is 24.3 Å². The van der Waals surface area contributed by atoms with Crippen LogP contribution in [0, 0.1) is 0 Å². The minimum atomic E-state index is -0.395. The molecule has 0 radical (unpaired) electrons. The molecule has 1 aromatic rings. The van der Waals surface area contributed by atoms with Crippen LogP contribution in [-0.4, -0.2) is 30.3 Å². The second-order valence-electron chi connectivity index (χ2n) is 6.99. The Labute approximate surface area is 177 Å². The first-order valence-electron chi connectivity index (χ1n) is 10.4. The Hall–Kier alpha value is -2.96. The molecule has 3 rings (SSSR count). The molecular weight excluding hydrogens is 388 g/mol. The number of aliphatic hydroxyl groups excluding tert-OH is 1. The molecular formula is C23H30O7. The van der Waals surface area contributed by atoms with E-state index in [4.69, 9.17) is 14.2 Å². The van der Waals surface area contributed by atoms with Crippen LogP contribution in [-0.2, 0) is 19.1 Å². The largest absolute Gasteiger partial charge is 0.504 e. The third-order valence-corrected chi connectivity index (χ3v) is 4.45. The smallest absolute Gasteiger partial charge is 0.314 e. The normalized spacial score (nSPS) is 14.3. The van der Waals surface area contributed by atoms with Gasteiger partial charge in [-0.1, -0.05) is 39.0 Å². The maximum atomic E-state index is 11.0. The van der Waals surface area contributed by atoms with E-state index >= 15 is 0 Å². The summed E-state index contributed by atoms with van der Waals surface area (Å²) in [5, 5.41) is 10.3. The minimum absolute atomic E-state index is 0.0941. The monoisotopic (exact) mass is 418 g/mol. The third kappa shape index (κ3) is 7.81. The highest BCUT2D eigenvalue weighted by Gasteiger charge is 2.22. The van der Waals surface area contributed by atoms with Gasteiger partial charge in [0.2, 0.25) is 0 Å². The highest BCUT2D eigenvalue weighted by atomic mass is 16.5. The Balaban J connectivity index is 0.000000456. The molecule has 0 aromatic heterocycles. The first-order valence-corrected chi connectivity index (χ1v) is 10.4. The molecule has 0 unspecified atom stereocenters. The first-order chi connectivity index (χ1) is 14.5. The molecule has 30 heavy (non-hydrogen) atoms. The van der Waals surface area contributed by atoms with Crippen molar-refractivity contribution in [3.05, 3.63) is 41.9 Å². The summed E-state index contributed by atoms with van der Waals surface area (Å²) in [5.41, 5.74) is 0.551. The van der Waals surface area contributed by atoms with Crippen molar-refractivity contribution in [1.82, 2.24) is 0 Å². The van der Waals surface area contributed by atoms with E-state index < -0.39 is 5.97 Å². The van der Waals surface area contributed by atoms with Crippen LogP contribution in [0.25, 0.3) is 5.76 Å². The molecule has 2 aliphatic heterocycles. The molecule has 7 heteroatoms. The topological polar surface area (TPSA) is 91.3 Å². The zero-order valence-corrected chi connectivity index (χ0v) is 17.6. The summed E-state index contributed by atoms with van der Waals surface area (Å²) in [6, 6.07) is 4.88. The lowest BCUT2D eigenvalue weighted by atomic mass is 10.1. The van der Waals surface area contributed by atoms with Gasteiger partial charge in [-0.15, -0.1) is 0 Å². The quantitative estimate of drug-likeness (QED) is 0.341.